The fraction of sp³-hybridized carbons (Fsp3) is 0.645. The molecule has 0 saturated carbocycles. The van der Waals surface area contributed by atoms with Crippen molar-refractivity contribution < 1.29 is 28.6 Å². The molecule has 0 N–H and O–H groups in total. The van der Waals surface area contributed by atoms with Gasteiger partial charge < -0.3 is 14.2 Å². The van der Waals surface area contributed by atoms with Crippen molar-refractivity contribution in [2.45, 2.75) is 303 Å². The lowest BCUT2D eigenvalue weighted by molar-refractivity contribution is -0.167. The minimum atomic E-state index is -0.802. The Balaban J connectivity index is 4.35. The van der Waals surface area contributed by atoms with E-state index in [9.17, 15) is 14.4 Å². The monoisotopic (exact) mass is 1130 g/mol. The van der Waals surface area contributed by atoms with Gasteiger partial charge in [-0.25, -0.2) is 0 Å². The largest absolute Gasteiger partial charge is 0.462 e. The van der Waals surface area contributed by atoms with Crippen LogP contribution in [0, 0.1) is 0 Å². The van der Waals surface area contributed by atoms with E-state index in [1.54, 1.807) is 0 Å². The first-order valence-electron chi connectivity index (χ1n) is 33.8. The predicted octanol–water partition coefficient (Wildman–Crippen LogP) is 23.5. The average molecular weight is 1130 g/mol. The molecular formula is C76H124O6. The van der Waals surface area contributed by atoms with Crippen molar-refractivity contribution in [3.8, 4) is 0 Å². The molecule has 1 atom stereocenters. The quantitative estimate of drug-likeness (QED) is 0.0261. The lowest BCUT2D eigenvalue weighted by Crippen LogP contribution is -2.30. The SMILES string of the molecule is CC/C=C\C/C=C\C/C=C\C/C=C\C/C=C\CCCCCCCCCCCCCCCC(=O)OCC(COC(=O)CCCCCCC/C=C\C/C=C\CCCC)OC(=O)CCCCCCC/C=C\C/C=C\C/C=C\C/C=C\C/C=C\CC. The number of unbranched alkanes of at least 4 members (excludes halogenated alkanes) is 25. The van der Waals surface area contributed by atoms with Crippen LogP contribution in [-0.2, 0) is 28.6 Å². The van der Waals surface area contributed by atoms with Gasteiger partial charge in [0.2, 0.25) is 0 Å². The molecular weight excluding hydrogens is 1010 g/mol. The van der Waals surface area contributed by atoms with Crippen LogP contribution in [0.5, 0.6) is 0 Å². The van der Waals surface area contributed by atoms with Crippen LogP contribution in [0.3, 0.4) is 0 Å². The number of carbonyl (C=O) groups is 3. The second-order valence-electron chi connectivity index (χ2n) is 22.0. The second kappa shape index (κ2) is 68.8. The number of allylic oxidation sites excluding steroid dienone is 24. The summed E-state index contributed by atoms with van der Waals surface area (Å²) < 4.78 is 16.9. The van der Waals surface area contributed by atoms with Crippen LogP contribution < -0.4 is 0 Å². The van der Waals surface area contributed by atoms with Crippen molar-refractivity contribution >= 4 is 17.9 Å². The molecule has 6 nitrogen and oxygen atoms in total. The van der Waals surface area contributed by atoms with Gasteiger partial charge in [0.1, 0.15) is 13.2 Å². The van der Waals surface area contributed by atoms with Crippen LogP contribution in [0.15, 0.2) is 146 Å². The highest BCUT2D eigenvalue weighted by atomic mass is 16.6. The van der Waals surface area contributed by atoms with Crippen molar-refractivity contribution in [1.82, 2.24) is 0 Å². The second-order valence-corrected chi connectivity index (χ2v) is 22.0. The highest BCUT2D eigenvalue weighted by molar-refractivity contribution is 5.71. The van der Waals surface area contributed by atoms with Crippen LogP contribution in [0.25, 0.3) is 0 Å². The summed E-state index contributed by atoms with van der Waals surface area (Å²) in [6, 6.07) is 0. The van der Waals surface area contributed by atoms with E-state index in [1.165, 1.54) is 89.9 Å². The molecule has 0 aliphatic heterocycles. The molecule has 0 aromatic carbocycles. The van der Waals surface area contributed by atoms with Gasteiger partial charge in [-0.15, -0.1) is 0 Å². The third-order valence-electron chi connectivity index (χ3n) is 14.1. The zero-order chi connectivity index (χ0) is 59.2. The maximum atomic E-state index is 12.9. The number of esters is 3. The highest BCUT2D eigenvalue weighted by Gasteiger charge is 2.19. The number of rotatable bonds is 60. The first-order chi connectivity index (χ1) is 40.5. The van der Waals surface area contributed by atoms with Crippen LogP contribution in [0.1, 0.15) is 297 Å². The molecule has 0 amide bonds. The van der Waals surface area contributed by atoms with Gasteiger partial charge >= 0.3 is 17.9 Å². The van der Waals surface area contributed by atoms with Crippen LogP contribution >= 0.6 is 0 Å². The Labute approximate surface area is 506 Å². The summed E-state index contributed by atoms with van der Waals surface area (Å²) in [5.74, 6) is -0.926. The first kappa shape index (κ1) is 77.3. The maximum Gasteiger partial charge on any atom is 0.306 e. The van der Waals surface area contributed by atoms with E-state index in [0.29, 0.717) is 19.3 Å². The Morgan fingerprint density at radius 2 is 0.476 bits per heavy atom. The molecule has 0 aromatic heterocycles. The normalized spacial score (nSPS) is 13.1. The van der Waals surface area contributed by atoms with Crippen molar-refractivity contribution in [2.24, 2.45) is 0 Å². The van der Waals surface area contributed by atoms with E-state index in [0.717, 1.165) is 167 Å². The molecule has 6 heteroatoms. The van der Waals surface area contributed by atoms with Crippen molar-refractivity contribution in [1.29, 1.82) is 0 Å². The Bertz CT molecular complexity index is 1780. The molecule has 1 unspecified atom stereocenters. The van der Waals surface area contributed by atoms with Gasteiger partial charge in [0.15, 0.2) is 6.10 Å². The number of hydrogen-bond donors (Lipinski definition) is 0. The maximum absolute atomic E-state index is 12.9. The molecule has 0 aliphatic carbocycles. The summed E-state index contributed by atoms with van der Waals surface area (Å²) in [4.78, 5) is 38.4. The molecule has 0 spiro atoms. The lowest BCUT2D eigenvalue weighted by atomic mass is 10.0. The molecule has 0 aliphatic rings. The summed E-state index contributed by atoms with van der Waals surface area (Å²) in [7, 11) is 0. The van der Waals surface area contributed by atoms with Crippen LogP contribution in [0.4, 0.5) is 0 Å². The van der Waals surface area contributed by atoms with Gasteiger partial charge in [-0.3, -0.25) is 14.4 Å². The fourth-order valence-electron chi connectivity index (χ4n) is 9.04. The van der Waals surface area contributed by atoms with Crippen LogP contribution in [-0.4, -0.2) is 37.2 Å². The summed E-state index contributed by atoms with van der Waals surface area (Å²) in [5, 5.41) is 0. The van der Waals surface area contributed by atoms with E-state index in [1.807, 2.05) is 0 Å². The molecule has 0 aromatic rings. The standard InChI is InChI=1S/C76H124O6/c1-4-7-10-13-16-19-22-25-28-30-32-34-35-36-37-38-39-40-41-43-44-46-48-51-54-57-60-63-66-69-75(78)81-72-73(71-80-74(77)68-65-62-59-56-53-50-27-24-21-18-15-12-9-6-3)82-76(79)70-67-64-61-58-55-52-49-47-45-42-33-31-29-26-23-20-17-14-11-8-5-2/h7-8,10-11,15-20,24-29,32-34,36-37,42,47,49,73H,4-6,9,12-14,21-23,30-31,35,38-41,43-46,48,50-72H2,1-3H3/b10-7-,11-8-,18-15-,19-16-,20-17-,27-24-,28-25-,29-26-,34-32-,37-36-,42-33-,49-47-. The topological polar surface area (TPSA) is 78.9 Å². The molecule has 0 fully saturated rings. The zero-order valence-electron chi connectivity index (χ0n) is 53.2. The molecule has 0 bridgehead atoms. The Morgan fingerprint density at radius 3 is 0.744 bits per heavy atom. The van der Waals surface area contributed by atoms with E-state index < -0.39 is 6.10 Å². The fourth-order valence-corrected chi connectivity index (χ4v) is 9.04. The number of ether oxygens (including phenoxy) is 3. The smallest absolute Gasteiger partial charge is 0.306 e. The molecule has 0 rings (SSSR count). The third kappa shape index (κ3) is 66.1. The van der Waals surface area contributed by atoms with Gasteiger partial charge in [0.05, 0.1) is 0 Å². The first-order valence-corrected chi connectivity index (χ1v) is 33.8. The number of hydrogen-bond acceptors (Lipinski definition) is 6. The molecule has 0 radical (unpaired) electrons. The molecule has 464 valence electrons. The summed E-state index contributed by atoms with van der Waals surface area (Å²) >= 11 is 0. The van der Waals surface area contributed by atoms with Gasteiger partial charge in [0.25, 0.3) is 0 Å². The summed E-state index contributed by atoms with van der Waals surface area (Å²) in [6.45, 7) is 6.36. The van der Waals surface area contributed by atoms with Gasteiger partial charge in [-0.1, -0.05) is 289 Å². The molecule has 82 heavy (non-hydrogen) atoms. The Hall–Kier alpha value is -4.71. The highest BCUT2D eigenvalue weighted by Crippen LogP contribution is 2.16. The van der Waals surface area contributed by atoms with E-state index in [-0.39, 0.29) is 31.1 Å². The van der Waals surface area contributed by atoms with Crippen LogP contribution in [0.2, 0.25) is 0 Å². The number of carbonyl (C=O) groups excluding carboxylic acids is 3. The Kier molecular flexibility index (Phi) is 64.8. The van der Waals surface area contributed by atoms with Gasteiger partial charge in [-0.2, -0.15) is 0 Å². The van der Waals surface area contributed by atoms with Crippen molar-refractivity contribution in [3.05, 3.63) is 146 Å². The van der Waals surface area contributed by atoms with Crippen molar-refractivity contribution in [3.63, 3.8) is 0 Å². The van der Waals surface area contributed by atoms with Gasteiger partial charge in [-0.05, 0) is 135 Å². The lowest BCUT2D eigenvalue weighted by Gasteiger charge is -2.18. The van der Waals surface area contributed by atoms with E-state index >= 15 is 0 Å². The predicted molar refractivity (Wildman–Crippen MR) is 357 cm³/mol. The van der Waals surface area contributed by atoms with Gasteiger partial charge in [0, 0.05) is 19.3 Å². The summed E-state index contributed by atoms with van der Waals surface area (Å²) in [6.07, 6.45) is 98.6. The minimum Gasteiger partial charge on any atom is -0.462 e. The molecule has 0 heterocycles. The van der Waals surface area contributed by atoms with Crippen molar-refractivity contribution in [2.75, 3.05) is 13.2 Å². The average Bonchev–Trinajstić information content (AvgIpc) is 3.47. The third-order valence-corrected chi connectivity index (χ3v) is 14.1. The zero-order valence-corrected chi connectivity index (χ0v) is 53.2. The van der Waals surface area contributed by atoms with E-state index in [4.69, 9.17) is 14.2 Å². The minimum absolute atomic E-state index is 0.0949. The summed E-state index contributed by atoms with van der Waals surface area (Å²) in [5.41, 5.74) is 0. The molecule has 0 saturated heterocycles. The Morgan fingerprint density at radius 1 is 0.256 bits per heavy atom. The van der Waals surface area contributed by atoms with E-state index in [2.05, 4.69) is 167 Å².